The van der Waals surface area contributed by atoms with Gasteiger partial charge in [-0.05, 0) is 48.2 Å². The number of amides is 1. The molecule has 2 heterocycles. The van der Waals surface area contributed by atoms with Crippen molar-refractivity contribution < 1.29 is 4.79 Å². The first-order valence-corrected chi connectivity index (χ1v) is 8.64. The third kappa shape index (κ3) is 3.43. The van der Waals surface area contributed by atoms with Crippen LogP contribution >= 0.6 is 0 Å². The molecule has 0 bridgehead atoms. The molecule has 0 saturated heterocycles. The zero-order valence-corrected chi connectivity index (χ0v) is 15.2. The van der Waals surface area contributed by atoms with E-state index in [9.17, 15) is 4.79 Å². The maximum absolute atomic E-state index is 12.6. The van der Waals surface area contributed by atoms with Gasteiger partial charge in [0.1, 0.15) is 5.69 Å². The van der Waals surface area contributed by atoms with Gasteiger partial charge in [-0.15, -0.1) is 5.10 Å². The third-order valence-electron chi connectivity index (χ3n) is 4.41. The van der Waals surface area contributed by atoms with Gasteiger partial charge in [0.05, 0.1) is 5.71 Å². The third-order valence-corrected chi connectivity index (χ3v) is 4.41. The second-order valence-electron chi connectivity index (χ2n) is 6.43. The summed E-state index contributed by atoms with van der Waals surface area (Å²) < 4.78 is 0. The molecule has 2 aromatic heterocycles. The molecular formula is C20H19N7O. The molecule has 0 atom stereocenters. The Morgan fingerprint density at radius 3 is 2.61 bits per heavy atom. The Kier molecular flexibility index (Phi) is 4.29. The van der Waals surface area contributed by atoms with E-state index >= 15 is 0 Å². The lowest BCUT2D eigenvalue weighted by Crippen LogP contribution is -2.22. The van der Waals surface area contributed by atoms with E-state index in [2.05, 4.69) is 25.5 Å². The number of carbonyl (C=O) groups is 1. The molecule has 28 heavy (non-hydrogen) atoms. The van der Waals surface area contributed by atoms with Crippen LogP contribution in [0.3, 0.4) is 0 Å². The molecule has 8 nitrogen and oxygen atoms in total. The Labute approximate surface area is 160 Å². The summed E-state index contributed by atoms with van der Waals surface area (Å²) in [7, 11) is 0. The highest BCUT2D eigenvalue weighted by atomic mass is 16.1. The van der Waals surface area contributed by atoms with Gasteiger partial charge in [0.25, 0.3) is 5.91 Å². The Balaban J connectivity index is 1.59. The Morgan fingerprint density at radius 2 is 1.79 bits per heavy atom. The van der Waals surface area contributed by atoms with Crippen molar-refractivity contribution in [2.24, 2.45) is 21.7 Å². The summed E-state index contributed by atoms with van der Waals surface area (Å²) in [6.45, 7) is 1.81. The van der Waals surface area contributed by atoms with E-state index in [1.54, 1.807) is 6.92 Å². The highest BCUT2D eigenvalue weighted by molar-refractivity contribution is 6.07. The van der Waals surface area contributed by atoms with Gasteiger partial charge >= 0.3 is 0 Å². The van der Waals surface area contributed by atoms with Crippen molar-refractivity contribution in [3.8, 4) is 0 Å². The lowest BCUT2D eigenvalue weighted by molar-refractivity contribution is 0.102. The zero-order valence-electron chi connectivity index (χ0n) is 15.2. The van der Waals surface area contributed by atoms with Gasteiger partial charge in [-0.25, -0.2) is 0 Å². The first-order chi connectivity index (χ1) is 13.5. The SMILES string of the molecule is C/C(=N\N=C(N)N)c1ccc2cc(C(=O)Nc3ccc4cc[nH]c4c3)[nH]c2c1. The van der Waals surface area contributed by atoms with Crippen molar-refractivity contribution in [3.05, 3.63) is 66.0 Å². The van der Waals surface area contributed by atoms with E-state index in [-0.39, 0.29) is 11.9 Å². The number of rotatable bonds is 4. The van der Waals surface area contributed by atoms with Crippen molar-refractivity contribution in [1.82, 2.24) is 9.97 Å². The predicted octanol–water partition coefficient (Wildman–Crippen LogP) is 2.90. The minimum absolute atomic E-state index is 0.100. The second kappa shape index (κ2) is 6.92. The van der Waals surface area contributed by atoms with Crippen LogP contribution in [0.15, 0.2) is 64.9 Å². The number of hydrogen-bond donors (Lipinski definition) is 5. The fourth-order valence-electron chi connectivity index (χ4n) is 2.99. The molecule has 0 radical (unpaired) electrons. The minimum atomic E-state index is -0.213. The van der Waals surface area contributed by atoms with Crippen LogP contribution in [0, 0.1) is 0 Å². The smallest absolute Gasteiger partial charge is 0.272 e. The number of aromatic nitrogens is 2. The minimum Gasteiger partial charge on any atom is -0.369 e. The van der Waals surface area contributed by atoms with E-state index in [4.69, 9.17) is 11.5 Å². The number of H-pyrrole nitrogens is 2. The molecule has 0 aliphatic heterocycles. The fourth-order valence-corrected chi connectivity index (χ4v) is 2.99. The number of aromatic amines is 2. The van der Waals surface area contributed by atoms with Gasteiger partial charge in [-0.3, -0.25) is 4.79 Å². The summed E-state index contributed by atoms with van der Waals surface area (Å²) in [5.41, 5.74) is 15.1. The molecule has 0 spiro atoms. The van der Waals surface area contributed by atoms with Crippen LogP contribution in [0.25, 0.3) is 21.8 Å². The number of guanidine groups is 1. The van der Waals surface area contributed by atoms with Crippen LogP contribution in [0.5, 0.6) is 0 Å². The Bertz CT molecular complexity index is 1240. The van der Waals surface area contributed by atoms with Crippen molar-refractivity contribution in [2.45, 2.75) is 6.92 Å². The molecule has 0 saturated carbocycles. The molecule has 7 N–H and O–H groups in total. The molecule has 0 fully saturated rings. The van der Waals surface area contributed by atoms with E-state index in [1.165, 1.54) is 0 Å². The topological polar surface area (TPSA) is 137 Å². The molecule has 0 aliphatic carbocycles. The molecule has 2 aromatic carbocycles. The number of hydrogen-bond acceptors (Lipinski definition) is 3. The van der Waals surface area contributed by atoms with Gasteiger partial charge in [0.15, 0.2) is 0 Å². The quantitative estimate of drug-likeness (QED) is 0.214. The first kappa shape index (κ1) is 17.3. The molecule has 140 valence electrons. The summed E-state index contributed by atoms with van der Waals surface area (Å²) >= 11 is 0. The van der Waals surface area contributed by atoms with E-state index in [0.717, 1.165) is 33.1 Å². The average Bonchev–Trinajstić information content (AvgIpc) is 3.31. The molecule has 4 rings (SSSR count). The number of carbonyl (C=O) groups excluding carboxylic acids is 1. The highest BCUT2D eigenvalue weighted by Gasteiger charge is 2.11. The van der Waals surface area contributed by atoms with Gasteiger partial charge in [0, 0.05) is 28.3 Å². The van der Waals surface area contributed by atoms with Crippen LogP contribution in [0.2, 0.25) is 0 Å². The standard InChI is InChI=1S/C20H19N7O/c1-11(26-27-20(21)22)13-2-3-14-9-18(25-17(14)8-13)19(28)24-15-5-4-12-6-7-23-16(12)10-15/h2-10,23,25H,1H3,(H,24,28)(H4,21,22,27)/b26-11+. The largest absolute Gasteiger partial charge is 0.369 e. The van der Waals surface area contributed by atoms with Crippen LogP contribution in [-0.4, -0.2) is 27.5 Å². The number of benzene rings is 2. The lowest BCUT2D eigenvalue weighted by atomic mass is 10.1. The van der Waals surface area contributed by atoms with Gasteiger partial charge in [0.2, 0.25) is 5.96 Å². The average molecular weight is 373 g/mol. The maximum Gasteiger partial charge on any atom is 0.272 e. The van der Waals surface area contributed by atoms with Crippen molar-refractivity contribution >= 4 is 45.1 Å². The van der Waals surface area contributed by atoms with Crippen LogP contribution in [-0.2, 0) is 0 Å². The molecule has 1 amide bonds. The van der Waals surface area contributed by atoms with E-state index in [0.29, 0.717) is 11.4 Å². The highest BCUT2D eigenvalue weighted by Crippen LogP contribution is 2.21. The van der Waals surface area contributed by atoms with Crippen LogP contribution in [0.4, 0.5) is 5.69 Å². The summed E-state index contributed by atoms with van der Waals surface area (Å²) in [6, 6.07) is 15.2. The van der Waals surface area contributed by atoms with Crippen LogP contribution < -0.4 is 16.8 Å². The number of anilines is 1. The maximum atomic E-state index is 12.6. The molecule has 0 aliphatic rings. The summed E-state index contributed by atoms with van der Waals surface area (Å²) in [5, 5.41) is 12.6. The first-order valence-electron chi connectivity index (χ1n) is 8.64. The van der Waals surface area contributed by atoms with Gasteiger partial charge < -0.3 is 26.8 Å². The Morgan fingerprint density at radius 1 is 0.964 bits per heavy atom. The molecule has 0 unspecified atom stereocenters. The van der Waals surface area contributed by atoms with Crippen molar-refractivity contribution in [1.29, 1.82) is 0 Å². The second-order valence-corrected chi connectivity index (χ2v) is 6.43. The predicted molar refractivity (Wildman–Crippen MR) is 113 cm³/mol. The normalized spacial score (nSPS) is 11.7. The molecule has 8 heteroatoms. The van der Waals surface area contributed by atoms with Crippen molar-refractivity contribution in [3.63, 3.8) is 0 Å². The Hall–Kier alpha value is -4.07. The van der Waals surface area contributed by atoms with Crippen LogP contribution in [0.1, 0.15) is 23.0 Å². The van der Waals surface area contributed by atoms with Gasteiger partial charge in [-0.1, -0.05) is 18.2 Å². The zero-order chi connectivity index (χ0) is 19.7. The molecule has 4 aromatic rings. The monoisotopic (exact) mass is 373 g/mol. The number of nitrogens with one attached hydrogen (secondary N) is 3. The van der Waals surface area contributed by atoms with Gasteiger partial charge in [-0.2, -0.15) is 5.10 Å². The number of nitrogens with zero attached hydrogens (tertiary/aromatic N) is 2. The van der Waals surface area contributed by atoms with E-state index in [1.807, 2.05) is 54.7 Å². The van der Waals surface area contributed by atoms with Crippen molar-refractivity contribution in [2.75, 3.05) is 5.32 Å². The lowest BCUT2D eigenvalue weighted by Gasteiger charge is -2.03. The summed E-state index contributed by atoms with van der Waals surface area (Å²) in [6.07, 6.45) is 1.87. The fraction of sp³-hybridized carbons (Fsp3) is 0.0500. The number of fused-ring (bicyclic) bond motifs is 2. The molecular weight excluding hydrogens is 354 g/mol. The summed E-state index contributed by atoms with van der Waals surface area (Å²) in [4.78, 5) is 18.9. The van der Waals surface area contributed by atoms with E-state index < -0.39 is 0 Å². The number of nitrogens with two attached hydrogens (primary N) is 2. The summed E-state index contributed by atoms with van der Waals surface area (Å²) in [5.74, 6) is -0.314.